The number of carbonyl (C=O) groups is 3. The molecule has 0 spiro atoms. The Morgan fingerprint density at radius 3 is 2.12 bits per heavy atom. The molecule has 1 aliphatic rings. The standard InChI is InChI=1S/C25H45N3O4/c1-10-19-11-12-20(28(14-19)17(6)7)23(29)26-22(16(4)5)24(30)27(9)21(15(2)3)13-18(8)25(31)32/h13,15-17,19-22H,10-12,14H2,1-9H3,(H,26,29)(H,31,32)/b18-13+/t19-,20-,21-,22-/m1/s1. The molecule has 7 nitrogen and oxygen atoms in total. The minimum Gasteiger partial charge on any atom is -0.478 e. The van der Waals surface area contributed by atoms with Gasteiger partial charge in [-0.1, -0.05) is 47.1 Å². The molecule has 1 aliphatic heterocycles. The quantitative estimate of drug-likeness (QED) is 0.496. The smallest absolute Gasteiger partial charge is 0.331 e. The highest BCUT2D eigenvalue weighted by Gasteiger charge is 2.37. The second kappa shape index (κ2) is 12.4. The number of carboxylic acid groups (broad SMARTS) is 1. The molecule has 0 saturated carbocycles. The third-order valence-corrected chi connectivity index (χ3v) is 6.73. The average Bonchev–Trinajstić information content (AvgIpc) is 2.73. The second-order valence-electron chi connectivity index (χ2n) is 10.2. The van der Waals surface area contributed by atoms with Gasteiger partial charge in [-0.05, 0) is 51.4 Å². The van der Waals surface area contributed by atoms with Crippen molar-refractivity contribution in [2.75, 3.05) is 13.6 Å². The minimum atomic E-state index is -0.998. The molecule has 0 unspecified atom stereocenters. The number of hydrogen-bond donors (Lipinski definition) is 2. The van der Waals surface area contributed by atoms with E-state index in [4.69, 9.17) is 0 Å². The highest BCUT2D eigenvalue weighted by Crippen LogP contribution is 2.26. The van der Waals surface area contributed by atoms with Crippen LogP contribution in [0.2, 0.25) is 0 Å². The zero-order valence-corrected chi connectivity index (χ0v) is 21.5. The number of aliphatic carboxylic acids is 1. The van der Waals surface area contributed by atoms with Crippen LogP contribution in [0.1, 0.15) is 74.7 Å². The molecule has 32 heavy (non-hydrogen) atoms. The van der Waals surface area contributed by atoms with Crippen LogP contribution in [0.5, 0.6) is 0 Å². The fourth-order valence-electron chi connectivity index (χ4n) is 4.47. The number of piperidine rings is 1. The predicted molar refractivity (Wildman–Crippen MR) is 128 cm³/mol. The Labute approximate surface area is 194 Å². The van der Waals surface area contributed by atoms with Crippen molar-refractivity contribution in [2.45, 2.75) is 98.8 Å². The number of carboxylic acids is 1. The van der Waals surface area contributed by atoms with Crippen LogP contribution in [0.3, 0.4) is 0 Å². The molecule has 1 fully saturated rings. The fraction of sp³-hybridized carbons (Fsp3) is 0.800. The molecule has 0 radical (unpaired) electrons. The number of nitrogens with one attached hydrogen (secondary N) is 1. The summed E-state index contributed by atoms with van der Waals surface area (Å²) in [6, 6.07) is -1.01. The monoisotopic (exact) mass is 451 g/mol. The normalized spacial score (nSPS) is 22.2. The van der Waals surface area contributed by atoms with Crippen molar-refractivity contribution in [3.8, 4) is 0 Å². The molecule has 7 heteroatoms. The third-order valence-electron chi connectivity index (χ3n) is 6.73. The van der Waals surface area contributed by atoms with Gasteiger partial charge >= 0.3 is 5.97 Å². The van der Waals surface area contributed by atoms with Crippen molar-refractivity contribution in [1.29, 1.82) is 0 Å². The van der Waals surface area contributed by atoms with Gasteiger partial charge < -0.3 is 15.3 Å². The van der Waals surface area contributed by atoms with Crippen molar-refractivity contribution < 1.29 is 19.5 Å². The molecule has 0 aliphatic carbocycles. The van der Waals surface area contributed by atoms with E-state index in [0.717, 1.165) is 25.8 Å². The molecule has 0 aromatic carbocycles. The summed E-state index contributed by atoms with van der Waals surface area (Å²) in [5.74, 6) is -0.743. The largest absolute Gasteiger partial charge is 0.478 e. The van der Waals surface area contributed by atoms with Crippen LogP contribution in [0, 0.1) is 17.8 Å². The van der Waals surface area contributed by atoms with Gasteiger partial charge in [0.15, 0.2) is 0 Å². The van der Waals surface area contributed by atoms with E-state index in [2.05, 4.69) is 31.0 Å². The Morgan fingerprint density at radius 1 is 1.09 bits per heavy atom. The van der Waals surface area contributed by atoms with Crippen molar-refractivity contribution in [3.63, 3.8) is 0 Å². The number of rotatable bonds is 10. The van der Waals surface area contributed by atoms with E-state index in [1.54, 1.807) is 18.0 Å². The van der Waals surface area contributed by atoms with E-state index in [1.807, 2.05) is 27.7 Å². The summed E-state index contributed by atoms with van der Waals surface area (Å²) in [4.78, 5) is 41.9. The van der Waals surface area contributed by atoms with Crippen molar-refractivity contribution >= 4 is 17.8 Å². The number of nitrogens with zero attached hydrogens (tertiary/aromatic N) is 2. The summed E-state index contributed by atoms with van der Waals surface area (Å²) in [5, 5.41) is 12.3. The van der Waals surface area contributed by atoms with Gasteiger partial charge in [-0.25, -0.2) is 4.79 Å². The first kappa shape index (κ1) is 28.1. The maximum absolute atomic E-state index is 13.4. The molecule has 184 valence electrons. The van der Waals surface area contributed by atoms with Gasteiger partial charge in [0.1, 0.15) is 6.04 Å². The van der Waals surface area contributed by atoms with Gasteiger partial charge in [0.05, 0.1) is 12.1 Å². The number of carbonyl (C=O) groups excluding carboxylic acids is 2. The Morgan fingerprint density at radius 2 is 1.69 bits per heavy atom. The molecule has 0 aromatic heterocycles. The summed E-state index contributed by atoms with van der Waals surface area (Å²) < 4.78 is 0. The van der Waals surface area contributed by atoms with E-state index in [0.29, 0.717) is 5.92 Å². The SMILES string of the molecule is CC[C@@H]1CC[C@H](C(=O)N[C@@H](C(=O)N(C)[C@H](/C=C(\C)C(=O)O)C(C)C)C(C)C)N(C(C)C)C1. The molecular formula is C25H45N3O4. The van der Waals surface area contributed by atoms with E-state index >= 15 is 0 Å². The Bertz CT molecular complexity index is 687. The molecule has 1 rings (SSSR count). The lowest BCUT2D eigenvalue weighted by molar-refractivity contribution is -0.140. The lowest BCUT2D eigenvalue weighted by atomic mass is 9.89. The first-order chi connectivity index (χ1) is 14.8. The highest BCUT2D eigenvalue weighted by atomic mass is 16.4. The average molecular weight is 452 g/mol. The van der Waals surface area contributed by atoms with Crippen LogP contribution in [0.15, 0.2) is 11.6 Å². The summed E-state index contributed by atoms with van der Waals surface area (Å²) in [6.07, 6.45) is 4.55. The topological polar surface area (TPSA) is 90.0 Å². The van der Waals surface area contributed by atoms with Crippen LogP contribution in [0.25, 0.3) is 0 Å². The summed E-state index contributed by atoms with van der Waals surface area (Å²) in [5.41, 5.74) is 0.203. The lowest BCUT2D eigenvalue weighted by Crippen LogP contribution is -2.59. The first-order valence-corrected chi connectivity index (χ1v) is 12.1. The molecule has 0 aromatic rings. The van der Waals surface area contributed by atoms with Gasteiger partial charge in [0, 0.05) is 25.2 Å². The van der Waals surface area contributed by atoms with Crippen molar-refractivity contribution in [3.05, 3.63) is 11.6 Å². The summed E-state index contributed by atoms with van der Waals surface area (Å²) in [6.45, 7) is 16.6. The molecular weight excluding hydrogens is 406 g/mol. The predicted octanol–water partition coefficient (Wildman–Crippen LogP) is 3.54. The lowest BCUT2D eigenvalue weighted by Gasteiger charge is -2.42. The van der Waals surface area contributed by atoms with Crippen LogP contribution in [0.4, 0.5) is 0 Å². The number of amides is 2. The maximum atomic E-state index is 13.4. The third kappa shape index (κ3) is 7.32. The fourth-order valence-corrected chi connectivity index (χ4v) is 4.47. The Kier molecular flexibility index (Phi) is 10.9. The number of likely N-dealkylation sites (N-methyl/N-ethyl adjacent to an activating group) is 1. The molecule has 2 N–H and O–H groups in total. The van der Waals surface area contributed by atoms with Crippen LogP contribution in [-0.2, 0) is 14.4 Å². The van der Waals surface area contributed by atoms with Gasteiger partial charge in [-0.15, -0.1) is 0 Å². The molecule has 1 heterocycles. The molecule has 4 atom stereocenters. The van der Waals surface area contributed by atoms with Gasteiger partial charge in [-0.3, -0.25) is 14.5 Å². The number of hydrogen-bond acceptors (Lipinski definition) is 4. The first-order valence-electron chi connectivity index (χ1n) is 12.1. The van der Waals surface area contributed by atoms with Crippen LogP contribution >= 0.6 is 0 Å². The maximum Gasteiger partial charge on any atom is 0.331 e. The molecule has 0 bridgehead atoms. The second-order valence-corrected chi connectivity index (χ2v) is 10.2. The van der Waals surface area contributed by atoms with E-state index in [9.17, 15) is 19.5 Å². The van der Waals surface area contributed by atoms with E-state index in [1.165, 1.54) is 6.92 Å². The molecule has 1 saturated heterocycles. The molecule has 2 amide bonds. The Hall–Kier alpha value is -1.89. The van der Waals surface area contributed by atoms with Crippen molar-refractivity contribution in [1.82, 2.24) is 15.1 Å². The van der Waals surface area contributed by atoms with Gasteiger partial charge in [0.2, 0.25) is 11.8 Å². The van der Waals surface area contributed by atoms with Gasteiger partial charge in [-0.2, -0.15) is 0 Å². The summed E-state index contributed by atoms with van der Waals surface area (Å²) >= 11 is 0. The Balaban J connectivity index is 3.06. The zero-order chi connectivity index (χ0) is 24.7. The van der Waals surface area contributed by atoms with E-state index in [-0.39, 0.29) is 47.3 Å². The van der Waals surface area contributed by atoms with Crippen LogP contribution < -0.4 is 5.32 Å². The van der Waals surface area contributed by atoms with Gasteiger partial charge in [0.25, 0.3) is 0 Å². The summed E-state index contributed by atoms with van der Waals surface area (Å²) in [7, 11) is 1.69. The van der Waals surface area contributed by atoms with Crippen molar-refractivity contribution in [2.24, 2.45) is 17.8 Å². The highest BCUT2D eigenvalue weighted by molar-refractivity contribution is 5.90. The van der Waals surface area contributed by atoms with E-state index < -0.39 is 12.0 Å². The van der Waals surface area contributed by atoms with Crippen LogP contribution in [-0.4, -0.2) is 70.4 Å². The zero-order valence-electron chi connectivity index (χ0n) is 21.5. The minimum absolute atomic E-state index is 0.0301. The number of likely N-dealkylation sites (tertiary alicyclic amines) is 1.